The highest BCUT2D eigenvalue weighted by Crippen LogP contribution is 2.32. The van der Waals surface area contributed by atoms with Crippen LogP contribution >= 0.6 is 12.4 Å². The number of halogens is 1. The lowest BCUT2D eigenvalue weighted by molar-refractivity contribution is -0.128. The molecule has 50 heavy (non-hydrogen) atoms. The van der Waals surface area contributed by atoms with E-state index in [1.165, 1.54) is 19.3 Å². The van der Waals surface area contributed by atoms with Crippen molar-refractivity contribution in [2.75, 3.05) is 47.1 Å². The summed E-state index contributed by atoms with van der Waals surface area (Å²) in [5.74, 6) is 1.67. The van der Waals surface area contributed by atoms with Crippen LogP contribution in [0.1, 0.15) is 91.3 Å². The van der Waals surface area contributed by atoms with E-state index < -0.39 is 12.1 Å². The predicted octanol–water partition coefficient (Wildman–Crippen LogP) is 5.51. The number of nitrogens with two attached hydrogens (primary N) is 1. The van der Waals surface area contributed by atoms with Gasteiger partial charge in [-0.05, 0) is 80.6 Å². The van der Waals surface area contributed by atoms with E-state index in [9.17, 15) is 9.90 Å². The van der Waals surface area contributed by atoms with E-state index in [-0.39, 0.29) is 41.5 Å². The predicted molar refractivity (Wildman–Crippen MR) is 202 cm³/mol. The Balaban J connectivity index is 0.00000867. The molecule has 1 fully saturated rings. The SMILES string of the molecule is COCCCOc1cc(C[C@@H](C[C@H](N)[C@@H](O)C[C@H](C(=O)NCC(C)(C)Cn2cc(CN3CCCCC3)nn2)C(C)C)C(C)C)ccc1OC.Cl. The molecule has 1 aromatic carbocycles. The number of ether oxygens (including phenoxy) is 3. The Morgan fingerprint density at radius 1 is 1.04 bits per heavy atom. The molecule has 11 nitrogen and oxygen atoms in total. The summed E-state index contributed by atoms with van der Waals surface area (Å²) in [5, 5.41) is 23.3. The average Bonchev–Trinajstić information content (AvgIpc) is 3.49. The summed E-state index contributed by atoms with van der Waals surface area (Å²) in [7, 11) is 3.33. The van der Waals surface area contributed by atoms with Gasteiger partial charge in [-0.1, -0.05) is 59.2 Å². The molecule has 2 aromatic rings. The Kier molecular flexibility index (Phi) is 19.1. The molecule has 0 spiro atoms. The van der Waals surface area contributed by atoms with Crippen LogP contribution in [0.4, 0.5) is 0 Å². The van der Waals surface area contributed by atoms with E-state index in [0.717, 1.165) is 49.5 Å². The van der Waals surface area contributed by atoms with Gasteiger partial charge < -0.3 is 30.4 Å². The van der Waals surface area contributed by atoms with E-state index in [0.29, 0.717) is 50.8 Å². The number of hydrogen-bond acceptors (Lipinski definition) is 9. The van der Waals surface area contributed by atoms with Gasteiger partial charge in [0.25, 0.3) is 0 Å². The Morgan fingerprint density at radius 2 is 1.76 bits per heavy atom. The van der Waals surface area contributed by atoms with E-state index in [1.807, 2.05) is 36.9 Å². The summed E-state index contributed by atoms with van der Waals surface area (Å²) in [6, 6.07) is 5.60. The standard InChI is InChI=1S/C38H66N6O5.ClH/c1-27(2)30(19-29-13-14-35(48-8)36(20-29)49-18-12-17-47-7)21-33(39)34(45)22-32(28(3)4)37(46)40-25-38(5,6)26-44-24-31(41-42-44)23-43-15-10-9-11-16-43;/h13-14,20,24,27-28,30,32-34,45H,9-12,15-19,21-23,25-26,39H2,1-8H3,(H,40,46);1H/t30-,32-,33-,34-;/m0./s1. The number of aliphatic hydroxyl groups is 1. The van der Waals surface area contributed by atoms with Crippen molar-refractivity contribution in [3.05, 3.63) is 35.7 Å². The number of benzene rings is 1. The fourth-order valence-corrected chi connectivity index (χ4v) is 6.65. The Morgan fingerprint density at radius 3 is 2.40 bits per heavy atom. The number of nitrogens with zero attached hydrogens (tertiary/aromatic N) is 4. The molecule has 1 amide bonds. The molecule has 4 N–H and O–H groups in total. The Labute approximate surface area is 307 Å². The smallest absolute Gasteiger partial charge is 0.223 e. The molecule has 3 rings (SSSR count). The molecule has 12 heteroatoms. The summed E-state index contributed by atoms with van der Waals surface area (Å²) in [4.78, 5) is 15.9. The van der Waals surface area contributed by atoms with Gasteiger partial charge in [-0.3, -0.25) is 14.4 Å². The Bertz CT molecular complexity index is 1250. The number of methoxy groups -OCH3 is 2. The molecule has 0 saturated carbocycles. The van der Waals surface area contributed by atoms with Crippen LogP contribution in [0, 0.1) is 29.1 Å². The number of carbonyl (C=O) groups is 1. The van der Waals surface area contributed by atoms with Crippen LogP contribution in [-0.2, 0) is 29.0 Å². The minimum absolute atomic E-state index is 0. The first-order valence-electron chi connectivity index (χ1n) is 18.4. The molecule has 0 bridgehead atoms. The third kappa shape index (κ3) is 14.7. The molecule has 0 unspecified atom stereocenters. The first kappa shape index (κ1) is 43.7. The zero-order chi connectivity index (χ0) is 36.0. The second-order valence-corrected chi connectivity index (χ2v) is 15.6. The molecule has 286 valence electrons. The number of piperidine rings is 1. The summed E-state index contributed by atoms with van der Waals surface area (Å²) >= 11 is 0. The number of hydrogen-bond donors (Lipinski definition) is 3. The van der Waals surface area contributed by atoms with Crippen molar-refractivity contribution in [3.63, 3.8) is 0 Å². The van der Waals surface area contributed by atoms with Gasteiger partial charge in [-0.25, -0.2) is 0 Å². The summed E-state index contributed by atoms with van der Waals surface area (Å²) in [6.07, 6.45) is 7.60. The van der Waals surface area contributed by atoms with E-state index in [1.54, 1.807) is 14.2 Å². The van der Waals surface area contributed by atoms with Gasteiger partial charge in [-0.15, -0.1) is 17.5 Å². The maximum absolute atomic E-state index is 13.5. The van der Waals surface area contributed by atoms with Crippen molar-refractivity contribution < 1.29 is 24.1 Å². The lowest BCUT2D eigenvalue weighted by Crippen LogP contribution is -2.44. The maximum atomic E-state index is 13.5. The third-order valence-electron chi connectivity index (χ3n) is 9.88. The van der Waals surface area contributed by atoms with Crippen molar-refractivity contribution in [3.8, 4) is 11.5 Å². The average molecular weight is 723 g/mol. The molecule has 0 aliphatic carbocycles. The fraction of sp³-hybridized carbons (Fsp3) is 0.763. The summed E-state index contributed by atoms with van der Waals surface area (Å²) in [5.41, 5.74) is 8.55. The first-order valence-corrected chi connectivity index (χ1v) is 18.4. The zero-order valence-corrected chi connectivity index (χ0v) is 32.8. The highest BCUT2D eigenvalue weighted by molar-refractivity contribution is 5.85. The van der Waals surface area contributed by atoms with Gasteiger partial charge in [0.1, 0.15) is 0 Å². The largest absolute Gasteiger partial charge is 0.493 e. The number of carbonyl (C=O) groups excluding carboxylic acids is 1. The molecule has 2 heterocycles. The summed E-state index contributed by atoms with van der Waals surface area (Å²) in [6.45, 7) is 18.1. The van der Waals surface area contributed by atoms with Gasteiger partial charge in [0.15, 0.2) is 11.5 Å². The van der Waals surface area contributed by atoms with Crippen LogP contribution < -0.4 is 20.5 Å². The van der Waals surface area contributed by atoms with Crippen LogP contribution in [0.25, 0.3) is 0 Å². The molecule has 0 radical (unpaired) electrons. The molecule has 4 atom stereocenters. The van der Waals surface area contributed by atoms with Crippen LogP contribution in [0.2, 0.25) is 0 Å². The maximum Gasteiger partial charge on any atom is 0.223 e. The number of aliphatic hydroxyl groups excluding tert-OH is 1. The third-order valence-corrected chi connectivity index (χ3v) is 9.88. The monoisotopic (exact) mass is 722 g/mol. The van der Waals surface area contributed by atoms with Crippen molar-refractivity contribution in [1.29, 1.82) is 0 Å². The van der Waals surface area contributed by atoms with E-state index in [4.69, 9.17) is 19.9 Å². The number of nitrogens with one attached hydrogen (secondary N) is 1. The zero-order valence-electron chi connectivity index (χ0n) is 32.0. The van der Waals surface area contributed by atoms with Gasteiger partial charge in [0.2, 0.25) is 5.91 Å². The van der Waals surface area contributed by atoms with Crippen LogP contribution in [0.15, 0.2) is 24.4 Å². The highest BCUT2D eigenvalue weighted by atomic mass is 35.5. The quantitative estimate of drug-likeness (QED) is 0.135. The minimum Gasteiger partial charge on any atom is -0.493 e. The van der Waals surface area contributed by atoms with Gasteiger partial charge in [0.05, 0.1) is 25.5 Å². The van der Waals surface area contributed by atoms with Crippen LogP contribution in [0.3, 0.4) is 0 Å². The second kappa shape index (κ2) is 21.8. The molecular formula is C38H67ClN6O5. The van der Waals surface area contributed by atoms with Crippen molar-refractivity contribution >= 4 is 18.3 Å². The van der Waals surface area contributed by atoms with Gasteiger partial charge >= 0.3 is 0 Å². The first-order chi connectivity index (χ1) is 23.3. The van der Waals surface area contributed by atoms with Gasteiger partial charge in [0, 0.05) is 63.3 Å². The van der Waals surface area contributed by atoms with Crippen LogP contribution in [0.5, 0.6) is 11.5 Å². The topological polar surface area (TPSA) is 137 Å². The molecule has 1 aliphatic heterocycles. The molecule has 1 aromatic heterocycles. The lowest BCUT2D eigenvalue weighted by atomic mass is 9.80. The van der Waals surface area contributed by atoms with Gasteiger partial charge in [-0.2, -0.15) is 0 Å². The van der Waals surface area contributed by atoms with E-state index in [2.05, 4.69) is 54.3 Å². The number of aromatic nitrogens is 3. The van der Waals surface area contributed by atoms with E-state index >= 15 is 0 Å². The molecule has 1 saturated heterocycles. The van der Waals surface area contributed by atoms with Crippen molar-refractivity contribution in [2.45, 2.75) is 112 Å². The van der Waals surface area contributed by atoms with Crippen molar-refractivity contribution in [2.24, 2.45) is 34.8 Å². The second-order valence-electron chi connectivity index (χ2n) is 15.6. The normalized spacial score (nSPS) is 16.5. The summed E-state index contributed by atoms with van der Waals surface area (Å²) < 4.78 is 18.5. The number of rotatable bonds is 22. The fourth-order valence-electron chi connectivity index (χ4n) is 6.65. The lowest BCUT2D eigenvalue weighted by Gasteiger charge is -2.31. The van der Waals surface area contributed by atoms with Crippen LogP contribution in [-0.4, -0.2) is 90.1 Å². The Hall–Kier alpha value is -2.44. The number of amides is 1. The minimum atomic E-state index is -0.795. The van der Waals surface area contributed by atoms with Crippen molar-refractivity contribution in [1.82, 2.24) is 25.2 Å². The molecular weight excluding hydrogens is 656 g/mol. The highest BCUT2D eigenvalue weighted by Gasteiger charge is 2.31. The molecule has 1 aliphatic rings. The number of likely N-dealkylation sites (tertiary alicyclic amines) is 1.